The van der Waals surface area contributed by atoms with Gasteiger partial charge in [-0.25, -0.2) is 4.79 Å². The van der Waals surface area contributed by atoms with Crippen LogP contribution in [0, 0.1) is 46.3 Å². The van der Waals surface area contributed by atoms with Crippen molar-refractivity contribution < 1.29 is 19.1 Å². The van der Waals surface area contributed by atoms with E-state index in [-0.39, 0.29) is 18.1 Å². The number of hydrogen-bond donors (Lipinski definition) is 2. The maximum absolute atomic E-state index is 12.8. The van der Waals surface area contributed by atoms with Crippen molar-refractivity contribution in [2.75, 3.05) is 13.1 Å². The Morgan fingerprint density at radius 1 is 0.667 bits per heavy atom. The summed E-state index contributed by atoms with van der Waals surface area (Å²) < 4.78 is 6.07. The minimum atomic E-state index is -0.196. The highest BCUT2D eigenvalue weighted by molar-refractivity contribution is 5.77. The molecular weight excluding hydrogens is 705 g/mol. The van der Waals surface area contributed by atoms with Gasteiger partial charge in [-0.2, -0.15) is 0 Å². The smallest absolute Gasteiger partial charge is 0.407 e. The number of ketones is 1. The van der Waals surface area contributed by atoms with Crippen molar-refractivity contribution in [1.82, 2.24) is 10.6 Å². The van der Waals surface area contributed by atoms with Gasteiger partial charge in [0.15, 0.2) is 0 Å². The van der Waals surface area contributed by atoms with Gasteiger partial charge in [0, 0.05) is 32.4 Å². The van der Waals surface area contributed by atoms with Crippen LogP contribution < -0.4 is 10.6 Å². The summed E-state index contributed by atoms with van der Waals surface area (Å²) in [5.74, 6) is 4.95. The predicted molar refractivity (Wildman–Crippen MR) is 238 cm³/mol. The van der Waals surface area contributed by atoms with Crippen LogP contribution in [-0.4, -0.2) is 37.0 Å². The van der Waals surface area contributed by atoms with E-state index in [1.807, 2.05) is 6.92 Å². The number of rotatable bonds is 28. The van der Waals surface area contributed by atoms with E-state index in [4.69, 9.17) is 4.74 Å². The highest BCUT2D eigenvalue weighted by Gasteiger charge is 2.60. The van der Waals surface area contributed by atoms with Crippen molar-refractivity contribution >= 4 is 17.8 Å². The Morgan fingerprint density at radius 3 is 1.98 bits per heavy atom. The second-order valence-electron chi connectivity index (χ2n) is 20.1. The summed E-state index contributed by atoms with van der Waals surface area (Å²) in [7, 11) is 0. The number of allylic oxidation sites excluding steroid dienone is 2. The highest BCUT2D eigenvalue weighted by atomic mass is 16.6. The van der Waals surface area contributed by atoms with Crippen LogP contribution in [0.25, 0.3) is 0 Å². The first-order valence-electron chi connectivity index (χ1n) is 25.0. The Labute approximate surface area is 351 Å². The summed E-state index contributed by atoms with van der Waals surface area (Å²) in [6, 6.07) is 0. The Hall–Kier alpha value is -1.85. The van der Waals surface area contributed by atoms with Crippen molar-refractivity contribution in [3.8, 4) is 0 Å². The fraction of sp³-hybridized carbons (Fsp3) is 0.902. The molecule has 4 fully saturated rings. The van der Waals surface area contributed by atoms with Crippen molar-refractivity contribution in [3.63, 3.8) is 0 Å². The molecule has 9 atom stereocenters. The van der Waals surface area contributed by atoms with Gasteiger partial charge in [0.1, 0.15) is 11.9 Å². The lowest BCUT2D eigenvalue weighted by molar-refractivity contribution is -0.130. The molecule has 4 aliphatic rings. The van der Waals surface area contributed by atoms with Gasteiger partial charge in [0.25, 0.3) is 0 Å². The number of alkyl carbamates (subject to hydrolysis) is 1. The molecule has 6 nitrogen and oxygen atoms in total. The molecule has 57 heavy (non-hydrogen) atoms. The second kappa shape index (κ2) is 25.7. The molecule has 4 unspecified atom stereocenters. The summed E-state index contributed by atoms with van der Waals surface area (Å²) in [6.45, 7) is 13.3. The third kappa shape index (κ3) is 15.0. The van der Waals surface area contributed by atoms with Crippen molar-refractivity contribution in [1.29, 1.82) is 0 Å². The summed E-state index contributed by atoms with van der Waals surface area (Å²) in [5, 5.41) is 6.23. The summed E-state index contributed by atoms with van der Waals surface area (Å²) in [5.41, 5.74) is 0.774. The fourth-order valence-electron chi connectivity index (χ4n) is 12.7. The van der Waals surface area contributed by atoms with Crippen LogP contribution in [0.1, 0.15) is 227 Å². The van der Waals surface area contributed by atoms with Crippen molar-refractivity contribution in [2.45, 2.75) is 233 Å². The largest absolute Gasteiger partial charge is 0.446 e. The summed E-state index contributed by atoms with van der Waals surface area (Å²) >= 11 is 0. The minimum Gasteiger partial charge on any atom is -0.446 e. The number of unbranched alkanes of at least 4 members (excludes halogenated alkanes) is 14. The van der Waals surface area contributed by atoms with Gasteiger partial charge in [-0.3, -0.25) is 9.59 Å². The van der Waals surface area contributed by atoms with E-state index in [1.54, 1.807) is 0 Å². The fourth-order valence-corrected chi connectivity index (χ4v) is 12.7. The average molecular weight is 795 g/mol. The van der Waals surface area contributed by atoms with Crippen molar-refractivity contribution in [3.05, 3.63) is 12.2 Å². The third-order valence-corrected chi connectivity index (χ3v) is 16.3. The van der Waals surface area contributed by atoms with Gasteiger partial charge in [-0.1, -0.05) is 111 Å². The average Bonchev–Trinajstić information content (AvgIpc) is 3.56. The molecule has 2 amide bonds. The SMILES string of the molecule is CCCCCCCC/C=C\CCCCCCCCNC(=O)O[C@@H]1CC[C@@]2(C)C(CCC3C2CC[C@@]2(C)C3CC[C@@H]2[C@H](C)CCC(=O)NCCCCCC(=O)CC)C1. The zero-order chi connectivity index (χ0) is 40.9. The highest BCUT2D eigenvalue weighted by Crippen LogP contribution is 2.68. The normalized spacial score (nSPS) is 30.0. The van der Waals surface area contributed by atoms with E-state index < -0.39 is 0 Å². The molecule has 0 aromatic carbocycles. The van der Waals surface area contributed by atoms with Crippen LogP contribution in [0.4, 0.5) is 4.79 Å². The first kappa shape index (κ1) is 47.8. The molecule has 0 heterocycles. The molecule has 0 aliphatic heterocycles. The molecular formula is C51H90N2O4. The molecule has 0 radical (unpaired) electrons. The number of ether oxygens (including phenoxy) is 1. The van der Waals surface area contributed by atoms with E-state index in [0.29, 0.717) is 47.7 Å². The Bertz CT molecular complexity index is 1200. The number of carbonyl (C=O) groups is 3. The number of nitrogens with one attached hydrogen (secondary N) is 2. The molecule has 0 aromatic heterocycles. The quantitative estimate of drug-likeness (QED) is 0.0610. The molecule has 4 aliphatic carbocycles. The topological polar surface area (TPSA) is 84.5 Å². The van der Waals surface area contributed by atoms with Gasteiger partial charge >= 0.3 is 6.09 Å². The third-order valence-electron chi connectivity index (χ3n) is 16.3. The monoisotopic (exact) mass is 795 g/mol. The number of hydrogen-bond acceptors (Lipinski definition) is 4. The Balaban J connectivity index is 1.06. The van der Waals surface area contributed by atoms with Gasteiger partial charge in [0.05, 0.1) is 0 Å². The van der Waals surface area contributed by atoms with Gasteiger partial charge < -0.3 is 15.4 Å². The van der Waals surface area contributed by atoms with E-state index >= 15 is 0 Å². The van der Waals surface area contributed by atoms with Crippen LogP contribution >= 0.6 is 0 Å². The van der Waals surface area contributed by atoms with Gasteiger partial charge in [-0.15, -0.1) is 0 Å². The van der Waals surface area contributed by atoms with Gasteiger partial charge in [-0.05, 0) is 155 Å². The van der Waals surface area contributed by atoms with E-state index in [0.717, 1.165) is 81.7 Å². The van der Waals surface area contributed by atoms with Crippen LogP contribution in [0.3, 0.4) is 0 Å². The number of carbonyl (C=O) groups excluding carboxylic acids is 3. The molecule has 6 heteroatoms. The van der Waals surface area contributed by atoms with Crippen LogP contribution in [-0.2, 0) is 14.3 Å². The first-order chi connectivity index (χ1) is 27.6. The Morgan fingerprint density at radius 2 is 1.28 bits per heavy atom. The zero-order valence-corrected chi connectivity index (χ0v) is 38.0. The van der Waals surface area contributed by atoms with E-state index in [2.05, 4.69) is 50.5 Å². The predicted octanol–water partition coefficient (Wildman–Crippen LogP) is 13.8. The molecule has 0 aromatic rings. The van der Waals surface area contributed by atoms with Crippen molar-refractivity contribution in [2.24, 2.45) is 46.3 Å². The van der Waals surface area contributed by atoms with Gasteiger partial charge in [0.2, 0.25) is 5.91 Å². The lowest BCUT2D eigenvalue weighted by Crippen LogP contribution is -2.54. The summed E-state index contributed by atoms with van der Waals surface area (Å²) in [4.78, 5) is 37.0. The molecule has 2 N–H and O–H groups in total. The first-order valence-corrected chi connectivity index (χ1v) is 25.0. The van der Waals surface area contributed by atoms with E-state index in [1.165, 1.54) is 128 Å². The molecule has 0 spiro atoms. The lowest BCUT2D eigenvalue weighted by Gasteiger charge is -2.61. The second-order valence-corrected chi connectivity index (χ2v) is 20.1. The zero-order valence-electron chi connectivity index (χ0n) is 38.0. The number of Topliss-reactive ketones (excluding diaryl/α,β-unsaturated/α-hetero) is 1. The standard InChI is InChI=1S/C51H90N2O4/c1-6-8-9-10-11-12-13-14-15-16-17-18-19-20-21-24-38-53-49(56)57-43-33-35-50(4)41(39-43)28-29-44-46-31-30-45(51(46,5)36-34-47(44)50)40(3)27-32-48(55)52-37-25-22-23-26-42(54)7-2/h14-15,40-41,43-47H,6-13,16-39H2,1-5H3,(H,52,55)(H,53,56)/b15-14-/t40-,41?,43-,44?,45-,46?,47?,50+,51-/m1/s1. The number of amides is 2. The Kier molecular flexibility index (Phi) is 21.6. The molecule has 4 rings (SSSR count). The molecule has 4 saturated carbocycles. The lowest BCUT2D eigenvalue weighted by atomic mass is 9.44. The molecule has 0 bridgehead atoms. The summed E-state index contributed by atoms with van der Waals surface area (Å²) in [6.07, 6.45) is 39.9. The molecule has 0 saturated heterocycles. The van der Waals surface area contributed by atoms with Crippen LogP contribution in [0.15, 0.2) is 12.2 Å². The number of fused-ring (bicyclic) bond motifs is 5. The van der Waals surface area contributed by atoms with E-state index in [9.17, 15) is 14.4 Å². The maximum Gasteiger partial charge on any atom is 0.407 e. The van der Waals surface area contributed by atoms with Crippen LogP contribution in [0.2, 0.25) is 0 Å². The van der Waals surface area contributed by atoms with Crippen LogP contribution in [0.5, 0.6) is 0 Å². The maximum atomic E-state index is 12.8. The molecule has 328 valence electrons. The minimum absolute atomic E-state index is 0.0682.